The van der Waals surface area contributed by atoms with Gasteiger partial charge in [-0.2, -0.15) is 0 Å². The molecule has 1 amide bonds. The summed E-state index contributed by atoms with van der Waals surface area (Å²) in [5.74, 6) is 0.389. The first-order valence-corrected chi connectivity index (χ1v) is 9.31. The van der Waals surface area contributed by atoms with Crippen LogP contribution in [0.1, 0.15) is 17.0 Å². The third kappa shape index (κ3) is 3.22. The number of aromatic nitrogens is 1. The van der Waals surface area contributed by atoms with Crippen molar-refractivity contribution in [2.75, 3.05) is 57.5 Å². The summed E-state index contributed by atoms with van der Waals surface area (Å²) in [5.41, 5.74) is 1.15. The van der Waals surface area contributed by atoms with Crippen LogP contribution in [-0.2, 0) is 27.1 Å². The third-order valence-corrected chi connectivity index (χ3v) is 6.10. The predicted molar refractivity (Wildman–Crippen MR) is 88.1 cm³/mol. The minimum atomic E-state index is 0.0974. The third-order valence-electron chi connectivity index (χ3n) is 4.88. The van der Waals surface area contributed by atoms with Crippen LogP contribution >= 0.6 is 11.3 Å². The van der Waals surface area contributed by atoms with Crippen molar-refractivity contribution in [1.82, 2.24) is 9.88 Å². The van der Waals surface area contributed by atoms with Crippen LogP contribution in [0.3, 0.4) is 0 Å². The zero-order chi connectivity index (χ0) is 15.6. The molecule has 23 heavy (non-hydrogen) atoms. The number of ether oxygens (including phenoxy) is 2. The number of anilines is 1. The quantitative estimate of drug-likeness (QED) is 0.804. The fourth-order valence-electron chi connectivity index (χ4n) is 3.51. The van der Waals surface area contributed by atoms with Crippen LogP contribution in [0.25, 0.3) is 0 Å². The first-order valence-electron chi connectivity index (χ1n) is 8.49. The summed E-state index contributed by atoms with van der Waals surface area (Å²) >= 11 is 1.81. The smallest absolute Gasteiger partial charge is 0.226 e. The van der Waals surface area contributed by atoms with Crippen molar-refractivity contribution in [1.29, 1.82) is 0 Å². The van der Waals surface area contributed by atoms with Crippen LogP contribution in [0.15, 0.2) is 0 Å². The van der Waals surface area contributed by atoms with Gasteiger partial charge in [0.25, 0.3) is 0 Å². The van der Waals surface area contributed by atoms with Gasteiger partial charge >= 0.3 is 0 Å². The number of morpholine rings is 2. The zero-order valence-electron chi connectivity index (χ0n) is 13.3. The number of nitrogens with zero attached hydrogens (tertiary/aromatic N) is 3. The van der Waals surface area contributed by atoms with E-state index in [9.17, 15) is 4.79 Å². The molecule has 126 valence electrons. The van der Waals surface area contributed by atoms with Gasteiger partial charge < -0.3 is 19.3 Å². The molecule has 0 saturated carbocycles. The lowest BCUT2D eigenvalue weighted by Gasteiger charge is -2.31. The normalized spacial score (nSPS) is 25.3. The highest BCUT2D eigenvalue weighted by Gasteiger charge is 2.31. The lowest BCUT2D eigenvalue weighted by molar-refractivity contribution is -0.140. The zero-order valence-corrected chi connectivity index (χ0v) is 14.1. The monoisotopic (exact) mass is 337 g/mol. The number of hydrogen-bond acceptors (Lipinski definition) is 6. The van der Waals surface area contributed by atoms with E-state index in [0.29, 0.717) is 19.1 Å². The van der Waals surface area contributed by atoms with Gasteiger partial charge in [-0.05, 0) is 12.8 Å². The minimum Gasteiger partial charge on any atom is -0.378 e. The van der Waals surface area contributed by atoms with E-state index in [4.69, 9.17) is 14.5 Å². The maximum Gasteiger partial charge on any atom is 0.226 e. The number of fused-ring (bicyclic) bond motifs is 1. The highest BCUT2D eigenvalue weighted by molar-refractivity contribution is 7.15. The molecular weight excluding hydrogens is 314 g/mol. The van der Waals surface area contributed by atoms with Gasteiger partial charge in [0.05, 0.1) is 32.1 Å². The summed E-state index contributed by atoms with van der Waals surface area (Å²) in [6.07, 6.45) is 2.73. The summed E-state index contributed by atoms with van der Waals surface area (Å²) < 4.78 is 10.8. The van der Waals surface area contributed by atoms with Crippen LogP contribution in [0.5, 0.6) is 0 Å². The number of carbonyl (C=O) groups excluding carboxylic acids is 1. The molecule has 0 aromatic carbocycles. The Morgan fingerprint density at radius 3 is 2.52 bits per heavy atom. The fraction of sp³-hybridized carbons (Fsp3) is 0.750. The van der Waals surface area contributed by atoms with Crippen LogP contribution in [0.4, 0.5) is 5.13 Å². The molecule has 4 rings (SSSR count). The van der Waals surface area contributed by atoms with Crippen molar-refractivity contribution in [3.63, 3.8) is 0 Å². The summed E-state index contributed by atoms with van der Waals surface area (Å²) in [6, 6.07) is 0. The highest BCUT2D eigenvalue weighted by atomic mass is 32.1. The van der Waals surface area contributed by atoms with Crippen LogP contribution in [-0.4, -0.2) is 68.4 Å². The van der Waals surface area contributed by atoms with Crippen molar-refractivity contribution in [2.24, 2.45) is 5.92 Å². The second-order valence-electron chi connectivity index (χ2n) is 6.34. The van der Waals surface area contributed by atoms with E-state index in [1.54, 1.807) is 11.3 Å². The molecule has 1 unspecified atom stereocenters. The van der Waals surface area contributed by atoms with Gasteiger partial charge in [0, 0.05) is 43.4 Å². The summed E-state index contributed by atoms with van der Waals surface area (Å²) in [7, 11) is 0. The molecule has 7 heteroatoms. The topological polar surface area (TPSA) is 54.9 Å². The number of hydrogen-bond donors (Lipinski definition) is 0. The van der Waals surface area contributed by atoms with Crippen molar-refractivity contribution < 1.29 is 14.3 Å². The van der Waals surface area contributed by atoms with Crippen LogP contribution in [0, 0.1) is 5.92 Å². The fourth-order valence-corrected chi connectivity index (χ4v) is 4.66. The largest absolute Gasteiger partial charge is 0.378 e. The number of amides is 1. The first-order chi connectivity index (χ1) is 11.3. The Hall–Kier alpha value is -1.18. The molecule has 2 saturated heterocycles. The lowest BCUT2D eigenvalue weighted by Crippen LogP contribution is -2.44. The number of rotatable bonds is 2. The van der Waals surface area contributed by atoms with E-state index in [-0.39, 0.29) is 5.92 Å². The van der Waals surface area contributed by atoms with Gasteiger partial charge in [-0.25, -0.2) is 4.98 Å². The van der Waals surface area contributed by atoms with Crippen molar-refractivity contribution in [2.45, 2.75) is 19.3 Å². The molecule has 1 aliphatic carbocycles. The van der Waals surface area contributed by atoms with Gasteiger partial charge in [-0.15, -0.1) is 11.3 Å². The Labute approximate surface area is 140 Å². The second kappa shape index (κ2) is 6.75. The molecule has 1 aromatic rings. The van der Waals surface area contributed by atoms with Crippen LogP contribution in [0.2, 0.25) is 0 Å². The van der Waals surface area contributed by atoms with E-state index in [1.807, 2.05) is 4.90 Å². The van der Waals surface area contributed by atoms with Gasteiger partial charge in [0.15, 0.2) is 5.13 Å². The Kier molecular flexibility index (Phi) is 4.50. The van der Waals surface area contributed by atoms with Gasteiger partial charge in [-0.1, -0.05) is 0 Å². The summed E-state index contributed by atoms with van der Waals surface area (Å²) in [5, 5.41) is 1.11. The van der Waals surface area contributed by atoms with Crippen LogP contribution < -0.4 is 4.90 Å². The Bertz CT molecular complexity index is 565. The molecule has 3 aliphatic rings. The van der Waals surface area contributed by atoms with E-state index in [1.165, 1.54) is 4.88 Å². The number of aryl methyl sites for hydroxylation is 1. The minimum absolute atomic E-state index is 0.0974. The number of thiazole rings is 1. The molecule has 1 aromatic heterocycles. The molecule has 2 aliphatic heterocycles. The maximum atomic E-state index is 12.7. The van der Waals surface area contributed by atoms with Crippen molar-refractivity contribution in [3.8, 4) is 0 Å². The second-order valence-corrected chi connectivity index (χ2v) is 7.41. The first kappa shape index (κ1) is 15.4. The van der Waals surface area contributed by atoms with E-state index >= 15 is 0 Å². The van der Waals surface area contributed by atoms with E-state index < -0.39 is 0 Å². The molecule has 3 heterocycles. The molecule has 6 nitrogen and oxygen atoms in total. The molecular formula is C16H23N3O3S. The lowest BCUT2D eigenvalue weighted by atomic mass is 9.89. The molecule has 0 radical (unpaired) electrons. The standard InChI is InChI=1S/C16H23N3O3S/c20-15(18-3-7-21-8-4-18)12-1-2-14-13(11-12)17-16(23-14)19-5-9-22-10-6-19/h12H,1-11H2. The Balaban J connectivity index is 1.44. The molecule has 2 fully saturated rings. The molecule has 0 N–H and O–H groups in total. The van der Waals surface area contributed by atoms with Crippen molar-refractivity contribution in [3.05, 3.63) is 10.6 Å². The predicted octanol–water partition coefficient (Wildman–Crippen LogP) is 0.943. The summed E-state index contributed by atoms with van der Waals surface area (Å²) in [4.78, 5) is 23.2. The molecule has 0 spiro atoms. The molecule has 0 bridgehead atoms. The van der Waals surface area contributed by atoms with E-state index in [2.05, 4.69) is 4.90 Å². The SMILES string of the molecule is O=C(C1CCc2sc(N3CCOCC3)nc2C1)N1CCOCC1. The average Bonchev–Trinajstić information content (AvgIpc) is 3.06. The van der Waals surface area contributed by atoms with Gasteiger partial charge in [-0.3, -0.25) is 4.79 Å². The van der Waals surface area contributed by atoms with Gasteiger partial charge in [0.1, 0.15) is 0 Å². The summed E-state index contributed by atoms with van der Waals surface area (Å²) in [6.45, 7) is 6.20. The number of carbonyl (C=O) groups is 1. The highest BCUT2D eigenvalue weighted by Crippen LogP contribution is 2.34. The average molecular weight is 337 g/mol. The van der Waals surface area contributed by atoms with Gasteiger partial charge in [0.2, 0.25) is 5.91 Å². The Morgan fingerprint density at radius 2 is 1.78 bits per heavy atom. The van der Waals surface area contributed by atoms with E-state index in [0.717, 1.165) is 69.5 Å². The molecule has 1 atom stereocenters. The van der Waals surface area contributed by atoms with Crippen molar-refractivity contribution >= 4 is 22.4 Å². The Morgan fingerprint density at radius 1 is 1.09 bits per heavy atom. The maximum absolute atomic E-state index is 12.7.